The van der Waals surface area contributed by atoms with E-state index >= 15 is 0 Å². The third-order valence-corrected chi connectivity index (χ3v) is 7.56. The van der Waals surface area contributed by atoms with Gasteiger partial charge in [0.05, 0.1) is 11.1 Å². The van der Waals surface area contributed by atoms with Crippen molar-refractivity contribution in [3.05, 3.63) is 127 Å². The lowest BCUT2D eigenvalue weighted by Gasteiger charge is -2.15. The Balaban J connectivity index is 1.20. The molecule has 0 amide bonds. The highest BCUT2D eigenvalue weighted by molar-refractivity contribution is 6.05. The van der Waals surface area contributed by atoms with Crippen molar-refractivity contribution < 1.29 is 30.8 Å². The Morgan fingerprint density at radius 3 is 1.56 bits per heavy atom. The van der Waals surface area contributed by atoms with E-state index in [9.17, 15) is 26.3 Å². The maximum atomic E-state index is 13.4. The van der Waals surface area contributed by atoms with Gasteiger partial charge in [-0.2, -0.15) is 26.3 Å². The Hall–Kier alpha value is -5.11. The molecule has 2 aromatic heterocycles. The number of rotatable bonds is 3. The summed E-state index contributed by atoms with van der Waals surface area (Å²) < 4.78 is 86.0. The van der Waals surface area contributed by atoms with Gasteiger partial charge in [0, 0.05) is 17.0 Å². The predicted octanol–water partition coefficient (Wildman–Crippen LogP) is 11.2. The van der Waals surface area contributed by atoms with Crippen LogP contribution in [0.2, 0.25) is 0 Å². The minimum absolute atomic E-state index is 0.136. The summed E-state index contributed by atoms with van der Waals surface area (Å²) in [6.45, 7) is 0. The molecule has 212 valence electrons. The molecule has 0 N–H and O–H groups in total. The Morgan fingerprint density at radius 2 is 0.977 bits per heavy atom. The Morgan fingerprint density at radius 1 is 0.465 bits per heavy atom. The second-order valence-corrected chi connectivity index (χ2v) is 10.3. The molecule has 8 heteroatoms. The fourth-order valence-corrected chi connectivity index (χ4v) is 5.37. The van der Waals surface area contributed by atoms with Gasteiger partial charge in [0.15, 0.2) is 0 Å². The van der Waals surface area contributed by atoms with Crippen LogP contribution >= 0.6 is 0 Å². The number of hydrogen-bond donors (Lipinski definition) is 0. The first-order valence-electron chi connectivity index (χ1n) is 13.2. The van der Waals surface area contributed by atoms with Gasteiger partial charge in [-0.25, -0.2) is 4.98 Å². The molecule has 2 nitrogen and oxygen atoms in total. The number of fused-ring (bicyclic) bond motifs is 4. The summed E-state index contributed by atoms with van der Waals surface area (Å²) >= 11 is 0. The molecule has 0 aliphatic rings. The summed E-state index contributed by atoms with van der Waals surface area (Å²) in [7, 11) is 0. The predicted molar refractivity (Wildman–Crippen MR) is 155 cm³/mol. The van der Waals surface area contributed by atoms with Crippen LogP contribution in [-0.4, -0.2) is 4.98 Å². The van der Waals surface area contributed by atoms with Crippen LogP contribution in [0.5, 0.6) is 0 Å². The van der Waals surface area contributed by atoms with Crippen molar-refractivity contribution in [3.63, 3.8) is 0 Å². The van der Waals surface area contributed by atoms with Gasteiger partial charge in [0.25, 0.3) is 0 Å². The molecule has 5 aromatic carbocycles. The number of aromatic nitrogens is 1. The topological polar surface area (TPSA) is 26.0 Å². The van der Waals surface area contributed by atoms with Crippen molar-refractivity contribution in [1.29, 1.82) is 0 Å². The van der Waals surface area contributed by atoms with Crippen LogP contribution in [0, 0.1) is 0 Å². The van der Waals surface area contributed by atoms with Crippen LogP contribution in [0.15, 0.2) is 120 Å². The molecule has 0 radical (unpaired) electrons. The molecule has 0 aliphatic carbocycles. The van der Waals surface area contributed by atoms with E-state index in [1.54, 1.807) is 18.3 Å². The highest BCUT2D eigenvalue weighted by Crippen LogP contribution is 2.39. The molecule has 0 atom stereocenters. The van der Waals surface area contributed by atoms with Crippen LogP contribution in [0.25, 0.3) is 66.2 Å². The normalized spacial score (nSPS) is 12.4. The molecule has 0 fully saturated rings. The molecule has 0 saturated carbocycles. The summed E-state index contributed by atoms with van der Waals surface area (Å²) in [5, 5.41) is 3.43. The van der Waals surface area contributed by atoms with Crippen molar-refractivity contribution in [3.8, 4) is 33.4 Å². The Bertz CT molecular complexity index is 2130. The summed E-state index contributed by atoms with van der Waals surface area (Å²) in [5.41, 5.74) is 2.72. The highest BCUT2D eigenvalue weighted by atomic mass is 19.4. The van der Waals surface area contributed by atoms with Gasteiger partial charge in [-0.05, 0) is 98.8 Å². The number of halogens is 6. The average Bonchev–Trinajstić information content (AvgIpc) is 3.37. The molecular formula is C35H19F6NO. The Kier molecular flexibility index (Phi) is 6.06. The quantitative estimate of drug-likeness (QED) is 0.193. The fraction of sp³-hybridized carbons (Fsp3) is 0.0571. The van der Waals surface area contributed by atoms with E-state index in [1.165, 1.54) is 6.07 Å². The van der Waals surface area contributed by atoms with E-state index in [2.05, 4.69) is 11.1 Å². The maximum absolute atomic E-state index is 13.4. The number of pyridine rings is 1. The number of benzene rings is 5. The molecule has 7 rings (SSSR count). The SMILES string of the molecule is FC(F)(F)c1cc(-c2ccc3cc(-c4ccc(-c5ccc6oc7ncccc7c6c5)cc4)ccc3c2)cc(C(F)(F)F)c1. The van der Waals surface area contributed by atoms with Crippen LogP contribution in [0.3, 0.4) is 0 Å². The second-order valence-electron chi connectivity index (χ2n) is 10.3. The van der Waals surface area contributed by atoms with Crippen LogP contribution in [0.4, 0.5) is 26.3 Å². The van der Waals surface area contributed by atoms with Crippen molar-refractivity contribution in [1.82, 2.24) is 4.98 Å². The molecule has 43 heavy (non-hydrogen) atoms. The number of furan rings is 1. The third kappa shape index (κ3) is 4.99. The number of hydrogen-bond acceptors (Lipinski definition) is 2. The first kappa shape index (κ1) is 26.8. The summed E-state index contributed by atoms with van der Waals surface area (Å²) in [5.74, 6) is 0. The second kappa shape index (κ2) is 9.73. The van der Waals surface area contributed by atoms with Gasteiger partial charge < -0.3 is 4.42 Å². The lowest BCUT2D eigenvalue weighted by atomic mass is 9.95. The lowest BCUT2D eigenvalue weighted by molar-refractivity contribution is -0.143. The van der Waals surface area contributed by atoms with Crippen molar-refractivity contribution in [2.45, 2.75) is 12.4 Å². The smallest absolute Gasteiger partial charge is 0.416 e. The van der Waals surface area contributed by atoms with E-state index in [0.29, 0.717) is 11.1 Å². The van der Waals surface area contributed by atoms with Crippen molar-refractivity contribution >= 4 is 32.8 Å². The minimum Gasteiger partial charge on any atom is -0.438 e. The number of alkyl halides is 6. The van der Waals surface area contributed by atoms with Gasteiger partial charge in [-0.15, -0.1) is 0 Å². The third-order valence-electron chi connectivity index (χ3n) is 7.56. The minimum atomic E-state index is -4.91. The van der Waals surface area contributed by atoms with E-state index in [1.807, 2.05) is 66.7 Å². The van der Waals surface area contributed by atoms with Crippen molar-refractivity contribution in [2.24, 2.45) is 0 Å². The largest absolute Gasteiger partial charge is 0.438 e. The van der Waals surface area contributed by atoms with Crippen LogP contribution in [-0.2, 0) is 12.4 Å². The maximum Gasteiger partial charge on any atom is 0.416 e. The zero-order valence-corrected chi connectivity index (χ0v) is 22.1. The summed E-state index contributed by atoms with van der Waals surface area (Å²) in [6.07, 6.45) is -8.12. The standard InChI is InChI=1S/C35H19F6NO/c36-34(37,38)28-16-27(17-29(19-28)35(39,40)41)25-10-9-23-14-22(7-8-24(23)15-25)20-3-5-21(6-4-20)26-11-12-32-31(18-26)30-2-1-13-42-33(30)43-32/h1-19H. The molecule has 2 heterocycles. The lowest BCUT2D eigenvalue weighted by Crippen LogP contribution is -2.11. The molecule has 0 unspecified atom stereocenters. The monoisotopic (exact) mass is 583 g/mol. The summed E-state index contributed by atoms with van der Waals surface area (Å²) in [4.78, 5) is 4.28. The van der Waals surface area contributed by atoms with Crippen LogP contribution < -0.4 is 0 Å². The van der Waals surface area contributed by atoms with Crippen LogP contribution in [0.1, 0.15) is 11.1 Å². The first-order valence-corrected chi connectivity index (χ1v) is 13.2. The zero-order valence-electron chi connectivity index (χ0n) is 22.1. The average molecular weight is 584 g/mol. The Labute approximate surface area is 240 Å². The van der Waals surface area contributed by atoms with E-state index < -0.39 is 23.5 Å². The molecular weight excluding hydrogens is 564 g/mol. The molecule has 0 spiro atoms. The van der Waals surface area contributed by atoms with Crippen molar-refractivity contribution in [2.75, 3.05) is 0 Å². The van der Waals surface area contributed by atoms with Gasteiger partial charge >= 0.3 is 12.4 Å². The fourth-order valence-electron chi connectivity index (χ4n) is 5.37. The van der Waals surface area contributed by atoms with Gasteiger partial charge in [-0.3, -0.25) is 0 Å². The highest BCUT2D eigenvalue weighted by Gasteiger charge is 2.37. The zero-order chi connectivity index (χ0) is 29.9. The van der Waals surface area contributed by atoms with E-state index in [-0.39, 0.29) is 17.2 Å². The van der Waals surface area contributed by atoms with Gasteiger partial charge in [0.1, 0.15) is 5.58 Å². The van der Waals surface area contributed by atoms with E-state index in [4.69, 9.17) is 4.42 Å². The first-order chi connectivity index (χ1) is 20.5. The molecule has 0 saturated heterocycles. The molecule has 0 bridgehead atoms. The number of nitrogens with zero attached hydrogens (tertiary/aromatic N) is 1. The van der Waals surface area contributed by atoms with Gasteiger partial charge in [0.2, 0.25) is 5.71 Å². The summed E-state index contributed by atoms with van der Waals surface area (Å²) in [6, 6.07) is 30.0. The van der Waals surface area contributed by atoms with Gasteiger partial charge in [-0.1, -0.05) is 54.6 Å². The molecule has 7 aromatic rings. The molecule has 0 aliphatic heterocycles. The van der Waals surface area contributed by atoms with E-state index in [0.717, 1.165) is 56.1 Å².